The van der Waals surface area contributed by atoms with Crippen LogP contribution in [0.5, 0.6) is 0 Å². The van der Waals surface area contributed by atoms with Gasteiger partial charge in [0.2, 0.25) is 0 Å². The Morgan fingerprint density at radius 2 is 2.11 bits per heavy atom. The second-order valence-electron chi connectivity index (χ2n) is 6.72. The number of ether oxygens (including phenoxy) is 1. The van der Waals surface area contributed by atoms with E-state index in [0.717, 1.165) is 0 Å². The number of anilines is 1. The summed E-state index contributed by atoms with van der Waals surface area (Å²) in [6.45, 7) is 3.75. The molecule has 0 spiro atoms. The van der Waals surface area contributed by atoms with Crippen molar-refractivity contribution in [1.29, 1.82) is 0 Å². The Kier molecular flexibility index (Phi) is 4.82. The van der Waals surface area contributed by atoms with Crippen LogP contribution in [0, 0.1) is 0 Å². The minimum absolute atomic E-state index is 0.0658. The number of nitrogen functional groups attached to an aromatic ring is 1. The lowest BCUT2D eigenvalue weighted by molar-refractivity contribution is -0.0289. The van der Waals surface area contributed by atoms with Gasteiger partial charge in [-0.05, 0) is 13.8 Å². The van der Waals surface area contributed by atoms with Gasteiger partial charge in [0.1, 0.15) is 24.1 Å². The fourth-order valence-corrected chi connectivity index (χ4v) is 4.29. The molecule has 5 N–H and O–H groups in total. The van der Waals surface area contributed by atoms with Crippen LogP contribution in [-0.4, -0.2) is 68.6 Å². The largest absolute Gasteiger partial charge is 0.387 e. The molecule has 0 saturated carbocycles. The summed E-state index contributed by atoms with van der Waals surface area (Å²) in [6, 6.07) is -0.0658. The molecule has 3 aromatic rings. The summed E-state index contributed by atoms with van der Waals surface area (Å²) in [7, 11) is 0. The monoisotopic (exact) mass is 408 g/mol. The van der Waals surface area contributed by atoms with E-state index in [1.54, 1.807) is 0 Å². The van der Waals surface area contributed by atoms with E-state index in [9.17, 15) is 15.0 Å². The van der Waals surface area contributed by atoms with Crippen LogP contribution >= 0.6 is 11.8 Å². The van der Waals surface area contributed by atoms with E-state index in [1.165, 1.54) is 33.6 Å². The lowest BCUT2D eigenvalue weighted by Gasteiger charge is -2.16. The summed E-state index contributed by atoms with van der Waals surface area (Å²) in [6.07, 6.45) is -1.15. The fourth-order valence-electron chi connectivity index (χ4n) is 3.16. The van der Waals surface area contributed by atoms with Crippen LogP contribution in [0.4, 0.5) is 5.82 Å². The number of hydrogen-bond acceptors (Lipinski definition) is 10. The van der Waals surface area contributed by atoms with Crippen molar-refractivity contribution >= 4 is 28.7 Å². The third-order valence-electron chi connectivity index (χ3n) is 4.56. The summed E-state index contributed by atoms with van der Waals surface area (Å²) in [4.78, 5) is 24.0. The predicted molar refractivity (Wildman–Crippen MR) is 99.6 cm³/mol. The predicted octanol–water partition coefficient (Wildman–Crippen LogP) is -0.714. The summed E-state index contributed by atoms with van der Waals surface area (Å²) in [5.41, 5.74) is 6.28. The number of nitrogens with zero attached hydrogens (tertiary/aromatic N) is 6. The van der Waals surface area contributed by atoms with Crippen LogP contribution < -0.4 is 11.4 Å². The highest BCUT2D eigenvalue weighted by atomic mass is 32.2. The van der Waals surface area contributed by atoms with Crippen LogP contribution in [0.2, 0.25) is 0 Å². The molecule has 0 amide bonds. The molecule has 0 aromatic carbocycles. The number of nitrogens with one attached hydrogen (secondary N) is 1. The van der Waals surface area contributed by atoms with Gasteiger partial charge in [0, 0.05) is 11.8 Å². The standard InChI is InChI=1S/C15H20N8O4S/c1-6(2)23-14(26)20-21-15(23)28-3-7-9(24)10(25)13(27-7)22-5-19-8-11(16)17-4-18-12(8)22/h4-7,9-10,13,24-25H,3H2,1-2H3,(H,20,26)(H2,16,17,18)/t7-,9-,10-,13-/m1/s1. The van der Waals surface area contributed by atoms with Gasteiger partial charge in [0.25, 0.3) is 0 Å². The molecular weight excluding hydrogens is 388 g/mol. The van der Waals surface area contributed by atoms with Gasteiger partial charge in [0.15, 0.2) is 22.8 Å². The van der Waals surface area contributed by atoms with Crippen molar-refractivity contribution in [2.45, 2.75) is 49.6 Å². The first-order chi connectivity index (χ1) is 13.4. The number of imidazole rings is 1. The zero-order valence-corrected chi connectivity index (χ0v) is 15.9. The molecule has 0 unspecified atom stereocenters. The molecule has 150 valence electrons. The van der Waals surface area contributed by atoms with Crippen molar-refractivity contribution in [2.24, 2.45) is 0 Å². The van der Waals surface area contributed by atoms with Crippen molar-refractivity contribution < 1.29 is 14.9 Å². The Balaban J connectivity index is 1.53. The average Bonchev–Trinajstić information content (AvgIpc) is 3.32. The number of aromatic nitrogens is 7. The van der Waals surface area contributed by atoms with E-state index < -0.39 is 24.5 Å². The summed E-state index contributed by atoms with van der Waals surface area (Å²) in [5, 5.41) is 27.8. The molecule has 13 heteroatoms. The van der Waals surface area contributed by atoms with Gasteiger partial charge in [-0.25, -0.2) is 24.8 Å². The van der Waals surface area contributed by atoms with Crippen molar-refractivity contribution in [3.05, 3.63) is 23.1 Å². The average molecular weight is 408 g/mol. The first kappa shape index (κ1) is 18.9. The van der Waals surface area contributed by atoms with E-state index in [-0.39, 0.29) is 23.3 Å². The maximum absolute atomic E-state index is 11.8. The Morgan fingerprint density at radius 3 is 2.86 bits per heavy atom. The zero-order valence-electron chi connectivity index (χ0n) is 15.1. The van der Waals surface area contributed by atoms with E-state index in [4.69, 9.17) is 10.5 Å². The van der Waals surface area contributed by atoms with Crippen LogP contribution in [0.1, 0.15) is 26.1 Å². The number of thioether (sulfide) groups is 1. The molecule has 3 aromatic heterocycles. The van der Waals surface area contributed by atoms with Crippen molar-refractivity contribution in [3.63, 3.8) is 0 Å². The minimum atomic E-state index is -1.19. The molecule has 4 atom stereocenters. The molecule has 12 nitrogen and oxygen atoms in total. The molecule has 0 aliphatic carbocycles. The van der Waals surface area contributed by atoms with Crippen molar-refractivity contribution in [2.75, 3.05) is 11.5 Å². The molecule has 0 bridgehead atoms. The molecule has 1 aliphatic rings. The highest BCUT2D eigenvalue weighted by molar-refractivity contribution is 7.99. The zero-order chi connectivity index (χ0) is 20.0. The number of aliphatic hydroxyl groups is 2. The van der Waals surface area contributed by atoms with Gasteiger partial charge in [-0.15, -0.1) is 5.10 Å². The summed E-state index contributed by atoms with van der Waals surface area (Å²) in [5.74, 6) is 0.504. The molecule has 1 aliphatic heterocycles. The van der Waals surface area contributed by atoms with Gasteiger partial charge in [-0.1, -0.05) is 11.8 Å². The van der Waals surface area contributed by atoms with Crippen LogP contribution in [0.25, 0.3) is 11.2 Å². The van der Waals surface area contributed by atoms with E-state index in [0.29, 0.717) is 16.3 Å². The normalized spacial score (nSPS) is 25.2. The first-order valence-corrected chi connectivity index (χ1v) is 9.61. The second-order valence-corrected chi connectivity index (χ2v) is 7.70. The lowest BCUT2D eigenvalue weighted by Crippen LogP contribution is -2.32. The SMILES string of the molecule is CC(C)n1c(SC[C@H]2O[C@@H](n3cnc4c(N)ncnc43)[C@H](O)[C@@H]2O)n[nH]c1=O. The second kappa shape index (κ2) is 7.16. The van der Waals surface area contributed by atoms with Gasteiger partial charge >= 0.3 is 5.69 Å². The van der Waals surface area contributed by atoms with Crippen molar-refractivity contribution in [1.82, 2.24) is 34.3 Å². The minimum Gasteiger partial charge on any atom is -0.387 e. The van der Waals surface area contributed by atoms with Gasteiger partial charge in [-0.2, -0.15) is 0 Å². The molecular formula is C15H20N8O4S. The molecule has 4 rings (SSSR count). The molecule has 28 heavy (non-hydrogen) atoms. The number of aliphatic hydroxyl groups excluding tert-OH is 2. The van der Waals surface area contributed by atoms with Crippen LogP contribution in [0.3, 0.4) is 0 Å². The van der Waals surface area contributed by atoms with Crippen LogP contribution in [0.15, 0.2) is 22.6 Å². The van der Waals surface area contributed by atoms with Crippen LogP contribution in [-0.2, 0) is 4.74 Å². The molecule has 1 saturated heterocycles. The molecule has 4 heterocycles. The Hall–Kier alpha value is -2.48. The number of nitrogens with two attached hydrogens (primary N) is 1. The van der Waals surface area contributed by atoms with E-state index >= 15 is 0 Å². The Labute approximate surface area is 162 Å². The van der Waals surface area contributed by atoms with Gasteiger partial charge in [-0.3, -0.25) is 9.13 Å². The van der Waals surface area contributed by atoms with Gasteiger partial charge < -0.3 is 20.7 Å². The number of aromatic amines is 1. The first-order valence-electron chi connectivity index (χ1n) is 8.62. The van der Waals surface area contributed by atoms with E-state index in [2.05, 4.69) is 25.1 Å². The third kappa shape index (κ3) is 3.05. The maximum Gasteiger partial charge on any atom is 0.344 e. The highest BCUT2D eigenvalue weighted by Gasteiger charge is 2.44. The summed E-state index contributed by atoms with van der Waals surface area (Å²) < 4.78 is 8.92. The molecule has 1 fully saturated rings. The highest BCUT2D eigenvalue weighted by Crippen LogP contribution is 2.34. The number of rotatable bonds is 5. The third-order valence-corrected chi connectivity index (χ3v) is 5.60. The number of hydrogen-bond donors (Lipinski definition) is 4. The topological polar surface area (TPSA) is 170 Å². The Bertz CT molecular complexity index is 1050. The molecule has 0 radical (unpaired) electrons. The fraction of sp³-hybridized carbons (Fsp3) is 0.533. The van der Waals surface area contributed by atoms with E-state index in [1.807, 2.05) is 13.8 Å². The quantitative estimate of drug-likeness (QED) is 0.395. The Morgan fingerprint density at radius 1 is 1.32 bits per heavy atom. The summed E-state index contributed by atoms with van der Waals surface area (Å²) >= 11 is 1.26. The number of fused-ring (bicyclic) bond motifs is 1. The van der Waals surface area contributed by atoms with Gasteiger partial charge in [0.05, 0.1) is 12.4 Å². The lowest BCUT2D eigenvalue weighted by atomic mass is 10.1. The smallest absolute Gasteiger partial charge is 0.344 e. The van der Waals surface area contributed by atoms with Crippen molar-refractivity contribution in [3.8, 4) is 0 Å². The number of H-pyrrole nitrogens is 1. The maximum atomic E-state index is 11.8.